The molecule has 0 saturated heterocycles. The number of nitrogens with one attached hydrogen (secondary N) is 1. The Kier molecular flexibility index (Phi) is 2.62. The van der Waals surface area contributed by atoms with Gasteiger partial charge in [0.25, 0.3) is 5.56 Å². The lowest BCUT2D eigenvalue weighted by Crippen LogP contribution is -2.08. The number of hydrogen-bond donors (Lipinski definition) is 1. The Balaban J connectivity index is 2.58. The van der Waals surface area contributed by atoms with Gasteiger partial charge in [-0.15, -0.1) is 0 Å². The molecule has 0 saturated carbocycles. The van der Waals surface area contributed by atoms with Crippen molar-refractivity contribution in [2.24, 2.45) is 0 Å². The molecule has 0 spiro atoms. The molecule has 1 heterocycles. The van der Waals surface area contributed by atoms with Crippen LogP contribution in [-0.2, 0) is 0 Å². The third-order valence-corrected chi connectivity index (χ3v) is 2.31. The zero-order chi connectivity index (χ0) is 9.97. The van der Waals surface area contributed by atoms with Crippen LogP contribution in [0.4, 0.5) is 0 Å². The third kappa shape index (κ3) is 2.01. The van der Waals surface area contributed by atoms with E-state index in [1.807, 2.05) is 52.9 Å². The van der Waals surface area contributed by atoms with E-state index in [0.717, 1.165) is 5.56 Å². The van der Waals surface area contributed by atoms with Gasteiger partial charge in [-0.3, -0.25) is 4.79 Å². The van der Waals surface area contributed by atoms with E-state index in [-0.39, 0.29) is 5.56 Å². The Labute approximate surface area is 94.4 Å². The smallest absolute Gasteiger partial charge is 0.252 e. The maximum atomic E-state index is 11.2. The van der Waals surface area contributed by atoms with Gasteiger partial charge in [0.1, 0.15) is 9.53 Å². The summed E-state index contributed by atoms with van der Waals surface area (Å²) >= 11 is 2.03. The van der Waals surface area contributed by atoms with Gasteiger partial charge < -0.3 is 4.98 Å². The molecule has 0 unspecified atom stereocenters. The van der Waals surface area contributed by atoms with Crippen LogP contribution < -0.4 is 5.56 Å². The van der Waals surface area contributed by atoms with Crippen molar-refractivity contribution in [1.82, 2.24) is 9.97 Å². The lowest BCUT2D eigenvalue weighted by atomic mass is 10.2. The minimum absolute atomic E-state index is 0.122. The fourth-order valence-electron chi connectivity index (χ4n) is 1.16. The zero-order valence-electron chi connectivity index (χ0n) is 7.20. The Morgan fingerprint density at radius 2 is 1.93 bits per heavy atom. The number of hydrogen-bond acceptors (Lipinski definition) is 2. The van der Waals surface area contributed by atoms with Crippen molar-refractivity contribution < 1.29 is 0 Å². The van der Waals surface area contributed by atoms with Gasteiger partial charge >= 0.3 is 0 Å². The Morgan fingerprint density at radius 1 is 1.21 bits per heavy atom. The molecule has 0 atom stereocenters. The van der Waals surface area contributed by atoms with Gasteiger partial charge in [0.15, 0.2) is 0 Å². The lowest BCUT2D eigenvalue weighted by Gasteiger charge is -1.99. The minimum atomic E-state index is -0.122. The van der Waals surface area contributed by atoms with Crippen molar-refractivity contribution in [3.05, 3.63) is 50.5 Å². The predicted octanol–water partition coefficient (Wildman–Crippen LogP) is 2.04. The Morgan fingerprint density at radius 3 is 2.57 bits per heavy atom. The van der Waals surface area contributed by atoms with Gasteiger partial charge in [-0.1, -0.05) is 30.3 Å². The van der Waals surface area contributed by atoms with Crippen molar-refractivity contribution in [3.63, 3.8) is 0 Å². The van der Waals surface area contributed by atoms with E-state index < -0.39 is 0 Å². The van der Waals surface area contributed by atoms with Crippen LogP contribution >= 0.6 is 22.6 Å². The Hall–Kier alpha value is -1.17. The SMILES string of the molecule is O=c1cc(I)nc(-c2ccccc2)[nH]1. The monoisotopic (exact) mass is 298 g/mol. The number of benzene rings is 1. The molecule has 2 rings (SSSR count). The summed E-state index contributed by atoms with van der Waals surface area (Å²) in [6.45, 7) is 0. The molecule has 0 bridgehead atoms. The van der Waals surface area contributed by atoms with Gasteiger partial charge in [0, 0.05) is 11.6 Å². The number of nitrogens with zero attached hydrogens (tertiary/aromatic N) is 1. The second kappa shape index (κ2) is 3.91. The van der Waals surface area contributed by atoms with E-state index in [2.05, 4.69) is 9.97 Å². The molecule has 0 aliphatic carbocycles. The highest BCUT2D eigenvalue weighted by Crippen LogP contribution is 2.12. The molecule has 0 aliphatic rings. The van der Waals surface area contributed by atoms with E-state index >= 15 is 0 Å². The standard InChI is InChI=1S/C10H7IN2O/c11-8-6-9(14)13-10(12-8)7-4-2-1-3-5-7/h1-6H,(H,12,13,14). The molecule has 0 amide bonds. The molecule has 1 N–H and O–H groups in total. The van der Waals surface area contributed by atoms with Crippen LogP contribution in [0, 0.1) is 3.70 Å². The molecule has 0 radical (unpaired) electrons. The quantitative estimate of drug-likeness (QED) is 0.647. The van der Waals surface area contributed by atoms with Crippen molar-refractivity contribution in [1.29, 1.82) is 0 Å². The molecule has 14 heavy (non-hydrogen) atoms. The summed E-state index contributed by atoms with van der Waals surface area (Å²) in [5, 5.41) is 0. The molecule has 4 heteroatoms. The average Bonchev–Trinajstić information content (AvgIpc) is 2.18. The molecule has 1 aromatic heterocycles. The van der Waals surface area contributed by atoms with Gasteiger partial charge in [0.2, 0.25) is 0 Å². The van der Waals surface area contributed by atoms with Gasteiger partial charge in [-0.25, -0.2) is 4.98 Å². The number of aromatic nitrogens is 2. The summed E-state index contributed by atoms with van der Waals surface area (Å²) in [6.07, 6.45) is 0. The van der Waals surface area contributed by atoms with Crippen LogP contribution in [0.3, 0.4) is 0 Å². The molecule has 2 aromatic rings. The summed E-state index contributed by atoms with van der Waals surface area (Å²) in [6, 6.07) is 11.0. The lowest BCUT2D eigenvalue weighted by molar-refractivity contribution is 1.10. The highest BCUT2D eigenvalue weighted by Gasteiger charge is 2.00. The highest BCUT2D eigenvalue weighted by atomic mass is 127. The number of rotatable bonds is 1. The molecule has 0 fully saturated rings. The van der Waals surface area contributed by atoms with E-state index in [4.69, 9.17) is 0 Å². The molecule has 0 aliphatic heterocycles. The van der Waals surface area contributed by atoms with Crippen LogP contribution in [0.2, 0.25) is 0 Å². The first-order valence-corrected chi connectivity index (χ1v) is 5.16. The molecular weight excluding hydrogens is 291 g/mol. The maximum absolute atomic E-state index is 11.2. The fourth-order valence-corrected chi connectivity index (χ4v) is 1.68. The minimum Gasteiger partial charge on any atom is -0.306 e. The van der Waals surface area contributed by atoms with Gasteiger partial charge in [-0.05, 0) is 22.6 Å². The zero-order valence-corrected chi connectivity index (χ0v) is 9.36. The number of halogens is 1. The summed E-state index contributed by atoms with van der Waals surface area (Å²) in [4.78, 5) is 18.1. The number of H-pyrrole nitrogens is 1. The molecule has 70 valence electrons. The van der Waals surface area contributed by atoms with Crippen molar-refractivity contribution in [3.8, 4) is 11.4 Å². The highest BCUT2D eigenvalue weighted by molar-refractivity contribution is 14.1. The van der Waals surface area contributed by atoms with E-state index in [1.54, 1.807) is 0 Å². The first kappa shape index (κ1) is 9.39. The average molecular weight is 298 g/mol. The Bertz CT molecular complexity index is 493. The first-order valence-electron chi connectivity index (χ1n) is 4.08. The summed E-state index contributed by atoms with van der Waals surface area (Å²) < 4.78 is 0.699. The van der Waals surface area contributed by atoms with Crippen LogP contribution in [0.5, 0.6) is 0 Å². The molecular formula is C10H7IN2O. The molecule has 1 aromatic carbocycles. The van der Waals surface area contributed by atoms with Crippen molar-refractivity contribution in [2.75, 3.05) is 0 Å². The van der Waals surface area contributed by atoms with Crippen LogP contribution in [0.15, 0.2) is 41.2 Å². The third-order valence-electron chi connectivity index (χ3n) is 1.76. The van der Waals surface area contributed by atoms with Crippen molar-refractivity contribution >= 4 is 22.6 Å². The summed E-state index contributed by atoms with van der Waals surface area (Å²) in [5.74, 6) is 0.613. The summed E-state index contributed by atoms with van der Waals surface area (Å²) in [5.41, 5.74) is 0.798. The molecule has 3 nitrogen and oxygen atoms in total. The van der Waals surface area contributed by atoms with E-state index in [0.29, 0.717) is 9.53 Å². The van der Waals surface area contributed by atoms with Gasteiger partial charge in [-0.2, -0.15) is 0 Å². The van der Waals surface area contributed by atoms with Crippen molar-refractivity contribution in [2.45, 2.75) is 0 Å². The predicted molar refractivity (Wildman–Crippen MR) is 63.0 cm³/mol. The van der Waals surface area contributed by atoms with Gasteiger partial charge in [0.05, 0.1) is 0 Å². The summed E-state index contributed by atoms with van der Waals surface area (Å²) in [7, 11) is 0. The second-order valence-electron chi connectivity index (χ2n) is 2.78. The maximum Gasteiger partial charge on any atom is 0.252 e. The second-order valence-corrected chi connectivity index (χ2v) is 3.89. The van der Waals surface area contributed by atoms with E-state index in [1.165, 1.54) is 6.07 Å². The first-order chi connectivity index (χ1) is 6.75. The van der Waals surface area contributed by atoms with E-state index in [9.17, 15) is 4.79 Å². The number of aromatic amines is 1. The fraction of sp³-hybridized carbons (Fsp3) is 0. The topological polar surface area (TPSA) is 45.8 Å². The van der Waals surface area contributed by atoms with Crippen LogP contribution in [0.1, 0.15) is 0 Å². The van der Waals surface area contributed by atoms with Crippen LogP contribution in [-0.4, -0.2) is 9.97 Å². The largest absolute Gasteiger partial charge is 0.306 e. The normalized spacial score (nSPS) is 10.1. The van der Waals surface area contributed by atoms with Crippen LogP contribution in [0.25, 0.3) is 11.4 Å².